The van der Waals surface area contributed by atoms with E-state index in [0.29, 0.717) is 0 Å². The van der Waals surface area contributed by atoms with Crippen LogP contribution in [0.5, 0.6) is 0 Å². The Bertz CT molecular complexity index is 616. The Balaban J connectivity index is 1.84. The molecule has 1 N–H and O–H groups in total. The van der Waals surface area contributed by atoms with Gasteiger partial charge in [-0.3, -0.25) is 4.99 Å². The fourth-order valence-electron chi connectivity index (χ4n) is 2.33. The maximum atomic E-state index is 12.9. The van der Waals surface area contributed by atoms with Gasteiger partial charge in [-0.05, 0) is 36.2 Å². The van der Waals surface area contributed by atoms with Gasteiger partial charge in [0.2, 0.25) is 0 Å². The number of nitrogens with one attached hydrogen (secondary N) is 1. The third kappa shape index (κ3) is 4.35. The topological polar surface area (TPSA) is 32.6 Å². The Labute approximate surface area is 131 Å². The maximum Gasteiger partial charge on any atom is 0.193 e. The third-order valence-electron chi connectivity index (χ3n) is 3.63. The van der Waals surface area contributed by atoms with E-state index in [9.17, 15) is 4.39 Å². The van der Waals surface area contributed by atoms with E-state index in [0.717, 1.165) is 31.0 Å². The molecular formula is C17H23FN4. The third-order valence-corrected chi connectivity index (χ3v) is 3.63. The van der Waals surface area contributed by atoms with Crippen molar-refractivity contribution in [1.29, 1.82) is 0 Å². The Hall–Kier alpha value is -2.30. The molecule has 5 heteroatoms. The number of nitrogens with zero attached hydrogens (tertiary/aromatic N) is 3. The molecule has 0 aliphatic carbocycles. The highest BCUT2D eigenvalue weighted by molar-refractivity contribution is 5.79. The molecule has 2 rings (SSSR count). The molecule has 1 heterocycles. The van der Waals surface area contributed by atoms with Crippen LogP contribution in [0.1, 0.15) is 11.3 Å². The van der Waals surface area contributed by atoms with E-state index in [4.69, 9.17) is 0 Å². The summed E-state index contributed by atoms with van der Waals surface area (Å²) in [5.41, 5.74) is 2.33. The van der Waals surface area contributed by atoms with Crippen LogP contribution >= 0.6 is 0 Å². The second-order valence-electron chi connectivity index (χ2n) is 5.32. The predicted molar refractivity (Wildman–Crippen MR) is 88.3 cm³/mol. The van der Waals surface area contributed by atoms with Gasteiger partial charge in [-0.25, -0.2) is 4.39 Å². The number of rotatable bonds is 5. The van der Waals surface area contributed by atoms with Gasteiger partial charge < -0.3 is 14.8 Å². The second kappa shape index (κ2) is 7.64. The average molecular weight is 302 g/mol. The number of benzene rings is 1. The monoisotopic (exact) mass is 302 g/mol. The Kier molecular flexibility index (Phi) is 5.58. The summed E-state index contributed by atoms with van der Waals surface area (Å²) in [4.78, 5) is 6.39. The molecule has 0 radical (unpaired) electrons. The minimum atomic E-state index is -0.199. The molecule has 0 saturated heterocycles. The molecule has 0 bridgehead atoms. The fourth-order valence-corrected chi connectivity index (χ4v) is 2.33. The lowest BCUT2D eigenvalue weighted by molar-refractivity contribution is 0.462. The maximum absolute atomic E-state index is 12.9. The molecule has 2 aromatic rings. The van der Waals surface area contributed by atoms with E-state index in [1.54, 1.807) is 7.05 Å². The second-order valence-corrected chi connectivity index (χ2v) is 5.32. The van der Waals surface area contributed by atoms with Gasteiger partial charge in [0.15, 0.2) is 5.96 Å². The van der Waals surface area contributed by atoms with Crippen molar-refractivity contribution in [2.75, 3.05) is 20.6 Å². The average Bonchev–Trinajstić information content (AvgIpc) is 2.90. The number of hydrogen-bond acceptors (Lipinski definition) is 1. The van der Waals surface area contributed by atoms with Crippen molar-refractivity contribution < 1.29 is 4.39 Å². The van der Waals surface area contributed by atoms with Gasteiger partial charge in [-0.1, -0.05) is 12.1 Å². The van der Waals surface area contributed by atoms with Crippen LogP contribution in [-0.4, -0.2) is 36.1 Å². The largest absolute Gasteiger partial charge is 0.356 e. The number of halogens is 1. The van der Waals surface area contributed by atoms with Crippen LogP contribution in [0.2, 0.25) is 0 Å². The van der Waals surface area contributed by atoms with Crippen molar-refractivity contribution in [3.8, 4) is 0 Å². The number of aliphatic imine (C=N–C) groups is 1. The van der Waals surface area contributed by atoms with Crippen molar-refractivity contribution >= 4 is 5.96 Å². The highest BCUT2D eigenvalue weighted by Gasteiger charge is 2.07. The first-order valence-electron chi connectivity index (χ1n) is 7.36. The summed E-state index contributed by atoms with van der Waals surface area (Å²) >= 11 is 0. The Morgan fingerprint density at radius 1 is 1.27 bits per heavy atom. The summed E-state index contributed by atoms with van der Waals surface area (Å²) in [6.07, 6.45) is 2.87. The molecule has 118 valence electrons. The van der Waals surface area contributed by atoms with Gasteiger partial charge >= 0.3 is 0 Å². The zero-order valence-corrected chi connectivity index (χ0v) is 13.4. The number of guanidine groups is 1. The molecule has 0 aliphatic rings. The summed E-state index contributed by atoms with van der Waals surface area (Å²) in [6, 6.07) is 10.7. The van der Waals surface area contributed by atoms with Gasteiger partial charge in [-0.15, -0.1) is 0 Å². The zero-order valence-electron chi connectivity index (χ0n) is 13.4. The van der Waals surface area contributed by atoms with E-state index in [-0.39, 0.29) is 5.82 Å². The summed E-state index contributed by atoms with van der Waals surface area (Å²) in [5, 5.41) is 3.34. The highest BCUT2D eigenvalue weighted by atomic mass is 19.1. The molecule has 0 aliphatic heterocycles. The van der Waals surface area contributed by atoms with Crippen molar-refractivity contribution in [3.63, 3.8) is 0 Å². The molecule has 0 amide bonds. The number of hydrogen-bond donors (Lipinski definition) is 1. The van der Waals surface area contributed by atoms with Gasteiger partial charge in [0.25, 0.3) is 0 Å². The lowest BCUT2D eigenvalue weighted by Crippen LogP contribution is -2.39. The summed E-state index contributed by atoms with van der Waals surface area (Å²) in [7, 11) is 5.83. The van der Waals surface area contributed by atoms with E-state index in [1.165, 1.54) is 17.8 Å². The molecule has 0 fully saturated rings. The summed E-state index contributed by atoms with van der Waals surface area (Å²) < 4.78 is 15.0. The fraction of sp³-hybridized carbons (Fsp3) is 0.353. The number of aryl methyl sites for hydroxylation is 1. The van der Waals surface area contributed by atoms with Crippen LogP contribution in [-0.2, 0) is 20.0 Å². The van der Waals surface area contributed by atoms with Crippen LogP contribution in [0.15, 0.2) is 47.6 Å². The molecule has 1 aromatic heterocycles. The Morgan fingerprint density at radius 3 is 2.59 bits per heavy atom. The first kappa shape index (κ1) is 16.1. The van der Waals surface area contributed by atoms with Crippen molar-refractivity contribution in [2.24, 2.45) is 12.0 Å². The van der Waals surface area contributed by atoms with Gasteiger partial charge in [-0.2, -0.15) is 0 Å². The van der Waals surface area contributed by atoms with Crippen molar-refractivity contribution in [3.05, 3.63) is 59.7 Å². The lowest BCUT2D eigenvalue weighted by Gasteiger charge is -2.22. The SMILES string of the molecule is CN=C(NCCc1ccc(F)cc1)N(C)Cc1cccn1C. The molecular weight excluding hydrogens is 279 g/mol. The van der Waals surface area contributed by atoms with Crippen LogP contribution in [0.25, 0.3) is 0 Å². The van der Waals surface area contributed by atoms with Crippen LogP contribution in [0.4, 0.5) is 4.39 Å². The Morgan fingerprint density at radius 2 is 2.00 bits per heavy atom. The van der Waals surface area contributed by atoms with Crippen LogP contribution < -0.4 is 5.32 Å². The van der Waals surface area contributed by atoms with E-state index in [2.05, 4.69) is 25.8 Å². The first-order chi connectivity index (χ1) is 10.6. The molecule has 1 aromatic carbocycles. The molecule has 0 unspecified atom stereocenters. The molecule has 0 atom stereocenters. The summed E-state index contributed by atoms with van der Waals surface area (Å²) in [6.45, 7) is 1.55. The van der Waals surface area contributed by atoms with Gasteiger partial charge in [0.1, 0.15) is 5.82 Å². The first-order valence-corrected chi connectivity index (χ1v) is 7.36. The van der Waals surface area contributed by atoms with Crippen molar-refractivity contribution in [2.45, 2.75) is 13.0 Å². The van der Waals surface area contributed by atoms with Crippen molar-refractivity contribution in [1.82, 2.24) is 14.8 Å². The predicted octanol–water partition coefficient (Wildman–Crippen LogP) is 2.41. The zero-order chi connectivity index (χ0) is 15.9. The van der Waals surface area contributed by atoms with Crippen LogP contribution in [0.3, 0.4) is 0 Å². The molecule has 4 nitrogen and oxygen atoms in total. The van der Waals surface area contributed by atoms with Gasteiger partial charge in [0.05, 0.1) is 6.54 Å². The molecule has 0 saturated carbocycles. The smallest absolute Gasteiger partial charge is 0.193 e. The highest BCUT2D eigenvalue weighted by Crippen LogP contribution is 2.05. The van der Waals surface area contributed by atoms with E-state index >= 15 is 0 Å². The number of aromatic nitrogens is 1. The molecule has 0 spiro atoms. The van der Waals surface area contributed by atoms with E-state index < -0.39 is 0 Å². The quantitative estimate of drug-likeness (QED) is 0.679. The minimum Gasteiger partial charge on any atom is -0.356 e. The lowest BCUT2D eigenvalue weighted by atomic mass is 10.1. The molecule has 22 heavy (non-hydrogen) atoms. The minimum absolute atomic E-state index is 0.199. The normalized spacial score (nSPS) is 11.5. The van der Waals surface area contributed by atoms with Crippen LogP contribution in [0, 0.1) is 5.82 Å². The summed E-state index contributed by atoms with van der Waals surface area (Å²) in [5.74, 6) is 0.651. The standard InChI is InChI=1S/C17H23FN4/c1-19-17(22(3)13-16-5-4-12-21(16)2)20-11-10-14-6-8-15(18)9-7-14/h4-9,12H,10-11,13H2,1-3H3,(H,19,20). The van der Waals surface area contributed by atoms with E-state index in [1.807, 2.05) is 38.5 Å². The van der Waals surface area contributed by atoms with Gasteiger partial charge in [0, 0.05) is 39.6 Å².